The highest BCUT2D eigenvalue weighted by Crippen LogP contribution is 2.29. The predicted octanol–water partition coefficient (Wildman–Crippen LogP) is 1.50. The van der Waals surface area contributed by atoms with Gasteiger partial charge in [0.15, 0.2) is 0 Å². The average molecular weight is 337 g/mol. The van der Waals surface area contributed by atoms with Gasteiger partial charge in [0, 0.05) is 26.1 Å². The summed E-state index contributed by atoms with van der Waals surface area (Å²) in [4.78, 5) is 13.9. The van der Waals surface area contributed by atoms with E-state index in [1.54, 1.807) is 28.6 Å². The zero-order valence-corrected chi connectivity index (χ0v) is 14.2. The molecule has 1 atom stereocenters. The van der Waals surface area contributed by atoms with Crippen molar-refractivity contribution in [1.29, 1.82) is 0 Å². The number of sulfonamides is 1. The van der Waals surface area contributed by atoms with Crippen LogP contribution in [0.2, 0.25) is 0 Å². The Morgan fingerprint density at radius 3 is 2.57 bits per heavy atom. The molecule has 1 N–H and O–H groups in total. The second-order valence-electron chi connectivity index (χ2n) is 6.23. The summed E-state index contributed by atoms with van der Waals surface area (Å²) >= 11 is 0. The number of likely N-dealkylation sites (tertiary alicyclic amines) is 1. The minimum Gasteiger partial charge on any atom is -0.325 e. The van der Waals surface area contributed by atoms with Crippen molar-refractivity contribution >= 4 is 21.6 Å². The zero-order valence-electron chi connectivity index (χ0n) is 13.4. The monoisotopic (exact) mass is 337 g/mol. The minimum absolute atomic E-state index is 0.178. The van der Waals surface area contributed by atoms with Gasteiger partial charge in [0.2, 0.25) is 15.9 Å². The normalized spacial score (nSPS) is 23.3. The third-order valence-corrected chi connectivity index (χ3v) is 6.52. The van der Waals surface area contributed by atoms with Crippen molar-refractivity contribution < 1.29 is 13.2 Å². The molecule has 1 aromatic carbocycles. The van der Waals surface area contributed by atoms with Crippen LogP contribution < -0.4 is 5.32 Å². The highest BCUT2D eigenvalue weighted by Gasteiger charge is 2.36. The van der Waals surface area contributed by atoms with Gasteiger partial charge >= 0.3 is 0 Å². The van der Waals surface area contributed by atoms with Gasteiger partial charge in [-0.3, -0.25) is 9.69 Å². The van der Waals surface area contributed by atoms with E-state index < -0.39 is 10.0 Å². The van der Waals surface area contributed by atoms with Crippen LogP contribution in [-0.4, -0.2) is 55.8 Å². The number of para-hydroxylation sites is 1. The molecule has 0 aliphatic carbocycles. The molecule has 0 spiro atoms. The van der Waals surface area contributed by atoms with Gasteiger partial charge in [-0.25, -0.2) is 8.42 Å². The summed E-state index contributed by atoms with van der Waals surface area (Å²) in [5.41, 5.74) is 0.352. The molecular formula is C16H23N3O3S. The van der Waals surface area contributed by atoms with Gasteiger partial charge in [-0.2, -0.15) is 4.31 Å². The molecular weight excluding hydrogens is 314 g/mol. The minimum atomic E-state index is -3.59. The van der Waals surface area contributed by atoms with Gasteiger partial charge in [0.25, 0.3) is 0 Å². The summed E-state index contributed by atoms with van der Waals surface area (Å²) in [5, 5.41) is 2.61. The lowest BCUT2D eigenvalue weighted by Gasteiger charge is -2.24. The summed E-state index contributed by atoms with van der Waals surface area (Å²) in [7, 11) is -3.59. The fourth-order valence-electron chi connectivity index (χ4n) is 3.46. The Morgan fingerprint density at radius 1 is 1.17 bits per heavy atom. The SMILES string of the molecule is CC(=O)Nc1ccccc1S(=O)(=O)N1CCC(N2CCCC2)C1. The Bertz CT molecular complexity index is 684. The molecule has 0 aromatic heterocycles. The van der Waals surface area contributed by atoms with Gasteiger partial charge in [0.05, 0.1) is 5.69 Å². The first-order valence-corrected chi connectivity index (χ1v) is 9.53. The highest BCUT2D eigenvalue weighted by atomic mass is 32.2. The first-order chi connectivity index (χ1) is 11.0. The number of amides is 1. The number of carbonyl (C=O) groups is 1. The molecule has 2 saturated heterocycles. The van der Waals surface area contributed by atoms with Crippen molar-refractivity contribution in [2.45, 2.75) is 37.1 Å². The van der Waals surface area contributed by atoms with E-state index in [1.807, 2.05) is 0 Å². The van der Waals surface area contributed by atoms with E-state index in [0.29, 0.717) is 24.8 Å². The predicted molar refractivity (Wildman–Crippen MR) is 88.7 cm³/mol. The van der Waals surface area contributed by atoms with Gasteiger partial charge in [-0.05, 0) is 44.5 Å². The van der Waals surface area contributed by atoms with Crippen LogP contribution in [0.4, 0.5) is 5.69 Å². The lowest BCUT2D eigenvalue weighted by atomic mass is 10.2. The Balaban J connectivity index is 1.81. The number of hydrogen-bond donors (Lipinski definition) is 1. The second kappa shape index (κ2) is 6.59. The van der Waals surface area contributed by atoms with E-state index >= 15 is 0 Å². The third-order valence-electron chi connectivity index (χ3n) is 4.60. The molecule has 3 rings (SSSR count). The molecule has 7 heteroatoms. The van der Waals surface area contributed by atoms with Gasteiger partial charge < -0.3 is 5.32 Å². The average Bonchev–Trinajstić information content (AvgIpc) is 3.18. The third kappa shape index (κ3) is 3.41. The standard InChI is InChI=1S/C16H23N3O3S/c1-13(20)17-15-6-2-3-7-16(15)23(21,22)19-11-8-14(12-19)18-9-4-5-10-18/h2-3,6-7,14H,4-5,8-12H2,1H3,(H,17,20). The Morgan fingerprint density at radius 2 is 1.87 bits per heavy atom. The van der Waals surface area contributed by atoms with Crippen LogP contribution in [-0.2, 0) is 14.8 Å². The van der Waals surface area contributed by atoms with Gasteiger partial charge in [-0.15, -0.1) is 0 Å². The van der Waals surface area contributed by atoms with Crippen molar-refractivity contribution in [2.24, 2.45) is 0 Å². The van der Waals surface area contributed by atoms with Gasteiger partial charge in [0.1, 0.15) is 4.90 Å². The number of carbonyl (C=O) groups excluding carboxylic acids is 1. The van der Waals surface area contributed by atoms with Crippen molar-refractivity contribution in [3.63, 3.8) is 0 Å². The quantitative estimate of drug-likeness (QED) is 0.904. The molecule has 6 nitrogen and oxygen atoms in total. The van der Waals surface area contributed by atoms with Crippen LogP contribution >= 0.6 is 0 Å². The molecule has 1 aromatic rings. The molecule has 126 valence electrons. The highest BCUT2D eigenvalue weighted by molar-refractivity contribution is 7.89. The maximum absolute atomic E-state index is 13.0. The Hall–Kier alpha value is -1.44. The zero-order chi connectivity index (χ0) is 16.4. The van der Waals surface area contributed by atoms with Crippen LogP contribution in [0.15, 0.2) is 29.2 Å². The number of rotatable bonds is 4. The van der Waals surface area contributed by atoms with Crippen LogP contribution in [0.3, 0.4) is 0 Å². The fraction of sp³-hybridized carbons (Fsp3) is 0.562. The van der Waals surface area contributed by atoms with Crippen LogP contribution in [0.1, 0.15) is 26.2 Å². The van der Waals surface area contributed by atoms with Crippen molar-refractivity contribution in [2.75, 3.05) is 31.5 Å². The van der Waals surface area contributed by atoms with E-state index in [4.69, 9.17) is 0 Å². The van der Waals surface area contributed by atoms with E-state index in [9.17, 15) is 13.2 Å². The molecule has 1 amide bonds. The number of benzene rings is 1. The molecule has 0 bridgehead atoms. The van der Waals surface area contributed by atoms with Crippen LogP contribution in [0.25, 0.3) is 0 Å². The maximum Gasteiger partial charge on any atom is 0.245 e. The molecule has 2 aliphatic heterocycles. The van der Waals surface area contributed by atoms with E-state index in [2.05, 4.69) is 10.2 Å². The topological polar surface area (TPSA) is 69.7 Å². The van der Waals surface area contributed by atoms with E-state index in [0.717, 1.165) is 19.5 Å². The number of anilines is 1. The largest absolute Gasteiger partial charge is 0.325 e. The van der Waals surface area contributed by atoms with Crippen LogP contribution in [0.5, 0.6) is 0 Å². The van der Waals surface area contributed by atoms with Crippen molar-refractivity contribution in [3.05, 3.63) is 24.3 Å². The molecule has 2 fully saturated rings. The molecule has 2 aliphatic rings. The molecule has 2 heterocycles. The lowest BCUT2D eigenvalue weighted by molar-refractivity contribution is -0.114. The molecule has 1 unspecified atom stereocenters. The molecule has 0 saturated carbocycles. The van der Waals surface area contributed by atoms with Crippen molar-refractivity contribution in [3.8, 4) is 0 Å². The first-order valence-electron chi connectivity index (χ1n) is 8.09. The lowest BCUT2D eigenvalue weighted by Crippen LogP contribution is -2.37. The summed E-state index contributed by atoms with van der Waals surface area (Å²) in [6.07, 6.45) is 3.28. The van der Waals surface area contributed by atoms with E-state index in [-0.39, 0.29) is 10.8 Å². The Kier molecular flexibility index (Phi) is 4.70. The molecule has 0 radical (unpaired) electrons. The summed E-state index contributed by atoms with van der Waals surface area (Å²) < 4.78 is 27.5. The first kappa shape index (κ1) is 16.4. The second-order valence-corrected chi connectivity index (χ2v) is 8.13. The molecule has 23 heavy (non-hydrogen) atoms. The van der Waals surface area contributed by atoms with Gasteiger partial charge in [-0.1, -0.05) is 12.1 Å². The maximum atomic E-state index is 13.0. The van der Waals surface area contributed by atoms with Crippen LogP contribution in [0, 0.1) is 0 Å². The Labute approximate surface area is 137 Å². The number of hydrogen-bond acceptors (Lipinski definition) is 4. The smallest absolute Gasteiger partial charge is 0.245 e. The van der Waals surface area contributed by atoms with E-state index in [1.165, 1.54) is 19.8 Å². The number of nitrogens with zero attached hydrogens (tertiary/aromatic N) is 2. The number of nitrogens with one attached hydrogen (secondary N) is 1. The summed E-state index contributed by atoms with van der Waals surface area (Å²) in [5.74, 6) is -0.274. The van der Waals surface area contributed by atoms with Crippen molar-refractivity contribution in [1.82, 2.24) is 9.21 Å². The summed E-state index contributed by atoms with van der Waals surface area (Å²) in [6.45, 7) is 4.60. The fourth-order valence-corrected chi connectivity index (χ4v) is 5.10. The summed E-state index contributed by atoms with van der Waals surface area (Å²) in [6, 6.07) is 6.92.